The summed E-state index contributed by atoms with van der Waals surface area (Å²) in [6.07, 6.45) is -3.20. The second-order valence-electron chi connectivity index (χ2n) is 4.79. The molecule has 2 N–H and O–H groups in total. The standard InChI is InChI=1S/C17H11F3N2O3/c18-17(19,20)13-5-3-11(4-6-13)2-1-8-22-15(23)12-7-9-21-14(10-12)16(24)25/h3-7,9-10H,8H2,(H,22,23)(H,24,25). The molecule has 0 bridgehead atoms. The van der Waals surface area contributed by atoms with E-state index in [4.69, 9.17) is 5.11 Å². The van der Waals surface area contributed by atoms with Crippen LogP contribution in [0.25, 0.3) is 0 Å². The van der Waals surface area contributed by atoms with Gasteiger partial charge < -0.3 is 10.4 Å². The Morgan fingerprint density at radius 1 is 1.16 bits per heavy atom. The summed E-state index contributed by atoms with van der Waals surface area (Å²) in [5.41, 5.74) is -0.537. The van der Waals surface area contributed by atoms with Crippen molar-refractivity contribution in [2.45, 2.75) is 6.18 Å². The molecular formula is C17H11F3N2O3. The normalized spacial score (nSPS) is 10.5. The molecule has 2 rings (SSSR count). The third-order valence-corrected chi connectivity index (χ3v) is 3.02. The summed E-state index contributed by atoms with van der Waals surface area (Å²) < 4.78 is 37.3. The number of aromatic carboxylic acids is 1. The molecule has 128 valence electrons. The fourth-order valence-corrected chi connectivity index (χ4v) is 1.80. The number of nitrogens with one attached hydrogen (secondary N) is 1. The molecule has 1 amide bonds. The molecule has 8 heteroatoms. The Labute approximate surface area is 140 Å². The SMILES string of the molecule is O=C(NCC#Cc1ccc(C(F)(F)F)cc1)c1ccnc(C(=O)O)c1. The van der Waals surface area contributed by atoms with E-state index in [0.717, 1.165) is 18.2 Å². The van der Waals surface area contributed by atoms with Crippen molar-refractivity contribution in [3.05, 3.63) is 65.0 Å². The smallest absolute Gasteiger partial charge is 0.416 e. The molecule has 0 unspecified atom stereocenters. The van der Waals surface area contributed by atoms with E-state index in [-0.39, 0.29) is 17.8 Å². The quantitative estimate of drug-likeness (QED) is 0.836. The number of carbonyl (C=O) groups is 2. The fraction of sp³-hybridized carbons (Fsp3) is 0.118. The highest BCUT2D eigenvalue weighted by atomic mass is 19.4. The van der Waals surface area contributed by atoms with Crippen LogP contribution in [0.3, 0.4) is 0 Å². The van der Waals surface area contributed by atoms with Gasteiger partial charge in [0.1, 0.15) is 5.69 Å². The lowest BCUT2D eigenvalue weighted by atomic mass is 10.1. The van der Waals surface area contributed by atoms with Gasteiger partial charge in [0.05, 0.1) is 12.1 Å². The first-order chi connectivity index (χ1) is 11.8. The molecule has 1 aromatic heterocycles. The number of amides is 1. The molecule has 0 aliphatic heterocycles. The third kappa shape index (κ3) is 5.07. The van der Waals surface area contributed by atoms with Crippen molar-refractivity contribution in [3.8, 4) is 11.8 Å². The summed E-state index contributed by atoms with van der Waals surface area (Å²) in [5.74, 6) is 3.44. The lowest BCUT2D eigenvalue weighted by Crippen LogP contribution is -2.24. The van der Waals surface area contributed by atoms with Crippen LogP contribution in [0.4, 0.5) is 13.2 Å². The first kappa shape index (κ1) is 18.0. The summed E-state index contributed by atoms with van der Waals surface area (Å²) in [7, 11) is 0. The van der Waals surface area contributed by atoms with Crippen molar-refractivity contribution in [1.82, 2.24) is 10.3 Å². The van der Waals surface area contributed by atoms with Crippen LogP contribution in [0.5, 0.6) is 0 Å². The Morgan fingerprint density at radius 3 is 2.44 bits per heavy atom. The summed E-state index contributed by atoms with van der Waals surface area (Å²) in [6, 6.07) is 6.80. The van der Waals surface area contributed by atoms with Crippen molar-refractivity contribution in [2.24, 2.45) is 0 Å². The largest absolute Gasteiger partial charge is 0.477 e. The van der Waals surface area contributed by atoms with E-state index < -0.39 is 23.6 Å². The summed E-state index contributed by atoms with van der Waals surface area (Å²) >= 11 is 0. The van der Waals surface area contributed by atoms with E-state index in [1.165, 1.54) is 24.4 Å². The van der Waals surface area contributed by atoms with Crippen molar-refractivity contribution < 1.29 is 27.9 Å². The summed E-state index contributed by atoms with van der Waals surface area (Å²) in [4.78, 5) is 26.2. The molecule has 0 aliphatic carbocycles. The van der Waals surface area contributed by atoms with Crippen LogP contribution < -0.4 is 5.32 Å². The zero-order valence-corrected chi connectivity index (χ0v) is 12.6. The summed E-state index contributed by atoms with van der Waals surface area (Å²) in [5, 5.41) is 11.3. The van der Waals surface area contributed by atoms with Crippen LogP contribution in [0.1, 0.15) is 32.0 Å². The van der Waals surface area contributed by atoms with Crippen LogP contribution in [-0.4, -0.2) is 28.5 Å². The average Bonchev–Trinajstić information content (AvgIpc) is 2.58. The van der Waals surface area contributed by atoms with E-state index in [2.05, 4.69) is 22.1 Å². The van der Waals surface area contributed by atoms with E-state index in [0.29, 0.717) is 5.56 Å². The van der Waals surface area contributed by atoms with Gasteiger partial charge in [0.25, 0.3) is 5.91 Å². The first-order valence-electron chi connectivity index (χ1n) is 6.91. The molecule has 0 fully saturated rings. The lowest BCUT2D eigenvalue weighted by molar-refractivity contribution is -0.137. The minimum absolute atomic E-state index is 0.0510. The van der Waals surface area contributed by atoms with Gasteiger partial charge in [0.15, 0.2) is 0 Å². The highest BCUT2D eigenvalue weighted by Crippen LogP contribution is 2.28. The molecule has 0 radical (unpaired) electrons. The molecule has 0 spiro atoms. The number of carboxylic acids is 1. The topological polar surface area (TPSA) is 79.3 Å². The molecule has 0 saturated heterocycles. The Morgan fingerprint density at radius 2 is 1.84 bits per heavy atom. The van der Waals surface area contributed by atoms with Gasteiger partial charge in [0, 0.05) is 17.3 Å². The highest BCUT2D eigenvalue weighted by Gasteiger charge is 2.29. The molecule has 5 nitrogen and oxygen atoms in total. The van der Waals surface area contributed by atoms with Crippen LogP contribution in [0, 0.1) is 11.8 Å². The molecule has 0 atom stereocenters. The van der Waals surface area contributed by atoms with E-state index in [1.807, 2.05) is 0 Å². The lowest BCUT2D eigenvalue weighted by Gasteiger charge is -2.05. The number of rotatable bonds is 3. The Bertz CT molecular complexity index is 850. The maximum absolute atomic E-state index is 12.4. The maximum Gasteiger partial charge on any atom is 0.416 e. The molecule has 0 saturated carbocycles. The predicted molar refractivity (Wildman–Crippen MR) is 81.9 cm³/mol. The number of hydrogen-bond donors (Lipinski definition) is 2. The molecule has 1 heterocycles. The molecule has 1 aromatic carbocycles. The van der Waals surface area contributed by atoms with Crippen LogP contribution in [-0.2, 0) is 6.18 Å². The number of benzene rings is 1. The zero-order chi connectivity index (χ0) is 18.4. The minimum atomic E-state index is -4.40. The van der Waals surface area contributed by atoms with Crippen molar-refractivity contribution >= 4 is 11.9 Å². The second-order valence-corrected chi connectivity index (χ2v) is 4.79. The highest BCUT2D eigenvalue weighted by molar-refractivity contribution is 5.96. The Balaban J connectivity index is 1.95. The monoisotopic (exact) mass is 348 g/mol. The number of nitrogens with zero attached hydrogens (tertiary/aromatic N) is 1. The molecular weight excluding hydrogens is 337 g/mol. The van der Waals surface area contributed by atoms with Crippen LogP contribution in [0.2, 0.25) is 0 Å². The van der Waals surface area contributed by atoms with Gasteiger partial charge in [-0.05, 0) is 36.4 Å². The number of halogens is 3. The number of alkyl halides is 3. The van der Waals surface area contributed by atoms with E-state index in [1.54, 1.807) is 0 Å². The fourth-order valence-electron chi connectivity index (χ4n) is 1.80. The zero-order valence-electron chi connectivity index (χ0n) is 12.6. The first-order valence-corrected chi connectivity index (χ1v) is 6.91. The Hall–Kier alpha value is -3.34. The van der Waals surface area contributed by atoms with Crippen molar-refractivity contribution in [2.75, 3.05) is 6.54 Å². The number of carbonyl (C=O) groups excluding carboxylic acids is 1. The van der Waals surface area contributed by atoms with Gasteiger partial charge >= 0.3 is 12.1 Å². The summed E-state index contributed by atoms with van der Waals surface area (Å²) in [6.45, 7) is -0.0510. The second kappa shape index (κ2) is 7.49. The Kier molecular flexibility index (Phi) is 5.39. The van der Waals surface area contributed by atoms with Gasteiger partial charge in [-0.15, -0.1) is 0 Å². The number of aromatic nitrogens is 1. The number of pyridine rings is 1. The van der Waals surface area contributed by atoms with Gasteiger partial charge in [0.2, 0.25) is 0 Å². The maximum atomic E-state index is 12.4. The van der Waals surface area contributed by atoms with E-state index >= 15 is 0 Å². The molecule has 2 aromatic rings. The van der Waals surface area contributed by atoms with Crippen LogP contribution >= 0.6 is 0 Å². The van der Waals surface area contributed by atoms with Gasteiger partial charge in [-0.3, -0.25) is 4.79 Å². The molecule has 0 aliphatic rings. The van der Waals surface area contributed by atoms with Gasteiger partial charge in [-0.1, -0.05) is 11.8 Å². The van der Waals surface area contributed by atoms with E-state index in [9.17, 15) is 22.8 Å². The molecule has 25 heavy (non-hydrogen) atoms. The van der Waals surface area contributed by atoms with Crippen molar-refractivity contribution in [1.29, 1.82) is 0 Å². The average molecular weight is 348 g/mol. The van der Waals surface area contributed by atoms with Crippen LogP contribution in [0.15, 0.2) is 42.6 Å². The predicted octanol–water partition coefficient (Wildman–Crippen LogP) is 2.58. The van der Waals surface area contributed by atoms with Crippen molar-refractivity contribution in [3.63, 3.8) is 0 Å². The van der Waals surface area contributed by atoms with Gasteiger partial charge in [-0.2, -0.15) is 13.2 Å². The third-order valence-electron chi connectivity index (χ3n) is 3.02. The number of carboxylic acid groups (broad SMARTS) is 1. The minimum Gasteiger partial charge on any atom is -0.477 e. The number of hydrogen-bond acceptors (Lipinski definition) is 3. The van der Waals surface area contributed by atoms with Gasteiger partial charge in [-0.25, -0.2) is 9.78 Å².